The normalized spacial score (nSPS) is 13.4. The van der Waals surface area contributed by atoms with Crippen LogP contribution in [-0.4, -0.2) is 34.5 Å². The van der Waals surface area contributed by atoms with Crippen LogP contribution in [0.15, 0.2) is 23.1 Å². The summed E-state index contributed by atoms with van der Waals surface area (Å²) in [6, 6.07) is 4.42. The third kappa shape index (κ3) is 3.90. The second kappa shape index (κ2) is 5.37. The van der Waals surface area contributed by atoms with Crippen molar-refractivity contribution in [1.82, 2.24) is 0 Å². The molecule has 5 nitrogen and oxygen atoms in total. The van der Waals surface area contributed by atoms with Gasteiger partial charge in [0.2, 0.25) is 0 Å². The van der Waals surface area contributed by atoms with Gasteiger partial charge in [-0.1, -0.05) is 0 Å². The van der Waals surface area contributed by atoms with Crippen LogP contribution in [0, 0.1) is 0 Å². The first kappa shape index (κ1) is 13.8. The van der Waals surface area contributed by atoms with E-state index < -0.39 is 9.84 Å². The van der Waals surface area contributed by atoms with Crippen molar-refractivity contribution >= 4 is 15.5 Å². The standard InChI is InChI=1S/C11H17NO4S/c1-8(7-15-2)16-11-5-4-9(6-10(11)12)17(3,13)14/h4-6,8H,7,12H2,1-3H3. The highest BCUT2D eigenvalue weighted by molar-refractivity contribution is 7.90. The Morgan fingerprint density at radius 3 is 2.53 bits per heavy atom. The van der Waals surface area contributed by atoms with Crippen molar-refractivity contribution in [2.24, 2.45) is 0 Å². The van der Waals surface area contributed by atoms with Gasteiger partial charge < -0.3 is 15.2 Å². The van der Waals surface area contributed by atoms with E-state index in [4.69, 9.17) is 15.2 Å². The summed E-state index contributed by atoms with van der Waals surface area (Å²) in [6.07, 6.45) is 0.988. The van der Waals surface area contributed by atoms with E-state index in [0.717, 1.165) is 6.26 Å². The predicted octanol–water partition coefficient (Wildman–Crippen LogP) is 1.09. The number of rotatable bonds is 5. The highest BCUT2D eigenvalue weighted by Crippen LogP contribution is 2.25. The van der Waals surface area contributed by atoms with Crippen molar-refractivity contribution in [2.45, 2.75) is 17.9 Å². The van der Waals surface area contributed by atoms with E-state index in [1.807, 2.05) is 6.92 Å². The summed E-state index contributed by atoms with van der Waals surface area (Å²) in [4.78, 5) is 0.182. The number of hydrogen-bond acceptors (Lipinski definition) is 5. The number of anilines is 1. The van der Waals surface area contributed by atoms with E-state index >= 15 is 0 Å². The zero-order valence-corrected chi connectivity index (χ0v) is 11.0. The monoisotopic (exact) mass is 259 g/mol. The summed E-state index contributed by atoms with van der Waals surface area (Å²) in [7, 11) is -1.66. The van der Waals surface area contributed by atoms with Crippen LogP contribution in [0.25, 0.3) is 0 Å². The number of benzene rings is 1. The molecule has 0 heterocycles. The van der Waals surface area contributed by atoms with Gasteiger partial charge in [-0.25, -0.2) is 8.42 Å². The molecule has 0 radical (unpaired) electrons. The Hall–Kier alpha value is -1.27. The van der Waals surface area contributed by atoms with Gasteiger partial charge in [0.05, 0.1) is 17.2 Å². The van der Waals surface area contributed by atoms with Crippen LogP contribution < -0.4 is 10.5 Å². The zero-order valence-electron chi connectivity index (χ0n) is 10.1. The third-order valence-corrected chi connectivity index (χ3v) is 3.25. The second-order valence-electron chi connectivity index (χ2n) is 3.86. The first-order valence-corrected chi connectivity index (χ1v) is 6.99. The number of methoxy groups -OCH3 is 1. The SMILES string of the molecule is COCC(C)Oc1ccc(S(C)(=O)=O)cc1N. The van der Waals surface area contributed by atoms with Gasteiger partial charge in [0, 0.05) is 13.4 Å². The zero-order chi connectivity index (χ0) is 13.1. The Labute approximate surface area is 101 Å². The average molecular weight is 259 g/mol. The molecule has 1 aromatic rings. The van der Waals surface area contributed by atoms with Crippen LogP contribution in [0.1, 0.15) is 6.92 Å². The Kier molecular flexibility index (Phi) is 4.36. The molecule has 17 heavy (non-hydrogen) atoms. The molecule has 0 fully saturated rings. The second-order valence-corrected chi connectivity index (χ2v) is 5.87. The highest BCUT2D eigenvalue weighted by atomic mass is 32.2. The number of nitrogens with two attached hydrogens (primary N) is 1. The third-order valence-electron chi connectivity index (χ3n) is 2.14. The van der Waals surface area contributed by atoms with Gasteiger partial charge in [0.1, 0.15) is 11.9 Å². The lowest BCUT2D eigenvalue weighted by molar-refractivity contribution is 0.0925. The number of hydrogen-bond donors (Lipinski definition) is 1. The molecule has 96 valence electrons. The van der Waals surface area contributed by atoms with Gasteiger partial charge in [-0.05, 0) is 25.1 Å². The van der Waals surface area contributed by atoms with E-state index in [1.54, 1.807) is 13.2 Å². The van der Waals surface area contributed by atoms with E-state index in [0.29, 0.717) is 18.0 Å². The van der Waals surface area contributed by atoms with Crippen molar-refractivity contribution in [3.63, 3.8) is 0 Å². The summed E-state index contributed by atoms with van der Waals surface area (Å²) >= 11 is 0. The van der Waals surface area contributed by atoms with Gasteiger partial charge in [-0.2, -0.15) is 0 Å². The molecular formula is C11H17NO4S. The molecule has 0 saturated carbocycles. The first-order valence-electron chi connectivity index (χ1n) is 5.09. The number of nitrogen functional groups attached to an aromatic ring is 1. The molecule has 0 bridgehead atoms. The Bertz CT molecular complexity index is 484. The van der Waals surface area contributed by atoms with E-state index in [-0.39, 0.29) is 11.0 Å². The summed E-state index contributed by atoms with van der Waals surface area (Å²) in [5.74, 6) is 0.460. The van der Waals surface area contributed by atoms with Crippen molar-refractivity contribution in [3.8, 4) is 5.75 Å². The van der Waals surface area contributed by atoms with Gasteiger partial charge in [0.25, 0.3) is 0 Å². The van der Waals surface area contributed by atoms with Gasteiger partial charge >= 0.3 is 0 Å². The Morgan fingerprint density at radius 2 is 2.06 bits per heavy atom. The fourth-order valence-electron chi connectivity index (χ4n) is 1.35. The minimum absolute atomic E-state index is 0.147. The van der Waals surface area contributed by atoms with Crippen molar-refractivity contribution < 1.29 is 17.9 Å². The van der Waals surface area contributed by atoms with Crippen molar-refractivity contribution in [3.05, 3.63) is 18.2 Å². The Balaban J connectivity index is 2.91. The molecule has 0 amide bonds. The van der Waals surface area contributed by atoms with Crippen LogP contribution in [0.5, 0.6) is 5.75 Å². The Morgan fingerprint density at radius 1 is 1.41 bits per heavy atom. The van der Waals surface area contributed by atoms with Crippen LogP contribution in [0.4, 0.5) is 5.69 Å². The summed E-state index contributed by atoms with van der Waals surface area (Å²) in [5.41, 5.74) is 6.03. The van der Waals surface area contributed by atoms with Crippen molar-refractivity contribution in [2.75, 3.05) is 25.7 Å². The molecule has 1 aromatic carbocycles. The summed E-state index contributed by atoms with van der Waals surface area (Å²) < 4.78 is 33.0. The molecule has 0 aliphatic heterocycles. The molecular weight excluding hydrogens is 242 g/mol. The minimum atomic E-state index is -3.24. The van der Waals surface area contributed by atoms with Crippen LogP contribution in [0.2, 0.25) is 0 Å². The highest BCUT2D eigenvalue weighted by Gasteiger charge is 2.11. The average Bonchev–Trinajstić information content (AvgIpc) is 2.20. The van der Waals surface area contributed by atoms with Crippen LogP contribution in [0.3, 0.4) is 0 Å². The molecule has 1 rings (SSSR count). The summed E-state index contributed by atoms with van der Waals surface area (Å²) in [6.45, 7) is 2.28. The smallest absolute Gasteiger partial charge is 0.175 e. The molecule has 0 aliphatic rings. The van der Waals surface area contributed by atoms with Gasteiger partial charge in [0.15, 0.2) is 9.84 Å². The maximum absolute atomic E-state index is 11.3. The number of ether oxygens (including phenoxy) is 2. The fourth-order valence-corrected chi connectivity index (χ4v) is 2.01. The molecule has 2 N–H and O–H groups in total. The molecule has 0 spiro atoms. The van der Waals surface area contributed by atoms with E-state index in [9.17, 15) is 8.42 Å². The van der Waals surface area contributed by atoms with E-state index in [2.05, 4.69) is 0 Å². The molecule has 0 saturated heterocycles. The lowest BCUT2D eigenvalue weighted by Crippen LogP contribution is -2.18. The molecule has 0 aliphatic carbocycles. The predicted molar refractivity (Wildman–Crippen MR) is 65.9 cm³/mol. The lowest BCUT2D eigenvalue weighted by Gasteiger charge is -2.15. The lowest BCUT2D eigenvalue weighted by atomic mass is 10.3. The molecule has 1 atom stereocenters. The topological polar surface area (TPSA) is 78.6 Å². The largest absolute Gasteiger partial charge is 0.486 e. The molecule has 6 heteroatoms. The fraction of sp³-hybridized carbons (Fsp3) is 0.455. The first-order chi connectivity index (χ1) is 7.84. The van der Waals surface area contributed by atoms with Crippen LogP contribution >= 0.6 is 0 Å². The molecule has 1 unspecified atom stereocenters. The quantitative estimate of drug-likeness (QED) is 0.801. The number of sulfone groups is 1. The van der Waals surface area contributed by atoms with E-state index in [1.165, 1.54) is 12.1 Å². The van der Waals surface area contributed by atoms with Gasteiger partial charge in [-0.15, -0.1) is 0 Å². The minimum Gasteiger partial charge on any atom is -0.486 e. The van der Waals surface area contributed by atoms with Crippen LogP contribution in [-0.2, 0) is 14.6 Å². The summed E-state index contributed by atoms with van der Waals surface area (Å²) in [5, 5.41) is 0. The molecule has 0 aromatic heterocycles. The van der Waals surface area contributed by atoms with Crippen molar-refractivity contribution in [1.29, 1.82) is 0 Å². The maximum Gasteiger partial charge on any atom is 0.175 e. The van der Waals surface area contributed by atoms with Gasteiger partial charge in [-0.3, -0.25) is 0 Å². The maximum atomic E-state index is 11.3.